The summed E-state index contributed by atoms with van der Waals surface area (Å²) in [6.07, 6.45) is -0.108. The Bertz CT molecular complexity index is 462. The summed E-state index contributed by atoms with van der Waals surface area (Å²) in [5, 5.41) is 0. The first kappa shape index (κ1) is 12.4. The van der Waals surface area contributed by atoms with Crippen LogP contribution in [0.2, 0.25) is 0 Å². The lowest BCUT2D eigenvalue weighted by atomic mass is 10.0. The molecular weight excluding hydrogens is 234 g/mol. The Morgan fingerprint density at radius 2 is 2.11 bits per heavy atom. The summed E-state index contributed by atoms with van der Waals surface area (Å²) >= 11 is 0. The predicted molar refractivity (Wildman–Crippen MR) is 64.2 cm³/mol. The fourth-order valence-electron chi connectivity index (χ4n) is 1.88. The van der Waals surface area contributed by atoms with Crippen LogP contribution < -0.4 is 11.3 Å². The number of hydrogen-bond donors (Lipinski definition) is 2. The topological polar surface area (TPSA) is 84.7 Å². The minimum absolute atomic E-state index is 0.204. The maximum Gasteiger partial charge on any atom is 0.410 e. The van der Waals surface area contributed by atoms with E-state index in [1.54, 1.807) is 4.90 Å². The van der Waals surface area contributed by atoms with Crippen molar-refractivity contribution >= 4 is 12.0 Å². The summed E-state index contributed by atoms with van der Waals surface area (Å²) in [5.74, 6) is 4.81. The van der Waals surface area contributed by atoms with Crippen LogP contribution in [-0.4, -0.2) is 30.1 Å². The van der Waals surface area contributed by atoms with Crippen LogP contribution in [0.3, 0.4) is 0 Å². The first-order valence-corrected chi connectivity index (χ1v) is 5.68. The van der Waals surface area contributed by atoms with Gasteiger partial charge in [-0.1, -0.05) is 24.3 Å². The molecule has 1 fully saturated rings. The summed E-state index contributed by atoms with van der Waals surface area (Å²) in [4.78, 5) is 24.3. The molecule has 1 saturated heterocycles. The van der Waals surface area contributed by atoms with Crippen molar-refractivity contribution in [2.24, 2.45) is 5.84 Å². The van der Waals surface area contributed by atoms with Crippen molar-refractivity contribution in [1.29, 1.82) is 0 Å². The van der Waals surface area contributed by atoms with E-state index in [0.29, 0.717) is 19.7 Å². The minimum atomic E-state index is -0.312. The van der Waals surface area contributed by atoms with Gasteiger partial charge in [-0.2, -0.15) is 0 Å². The summed E-state index contributed by atoms with van der Waals surface area (Å²) in [7, 11) is 0. The lowest BCUT2D eigenvalue weighted by Crippen LogP contribution is -2.32. The van der Waals surface area contributed by atoms with Crippen LogP contribution in [0.25, 0.3) is 0 Å². The maximum absolute atomic E-state index is 11.4. The van der Waals surface area contributed by atoms with E-state index >= 15 is 0 Å². The summed E-state index contributed by atoms with van der Waals surface area (Å²) in [5.41, 5.74) is 3.89. The molecule has 1 aromatic carbocycles. The third-order valence-electron chi connectivity index (χ3n) is 2.84. The second-order valence-electron chi connectivity index (χ2n) is 4.05. The van der Waals surface area contributed by atoms with Crippen molar-refractivity contribution in [3.8, 4) is 0 Å². The summed E-state index contributed by atoms with van der Waals surface area (Å²) in [6.45, 7) is 1.45. The molecule has 3 N–H and O–H groups in total. The number of cyclic esters (lactones) is 1. The number of hydrazine groups is 1. The van der Waals surface area contributed by atoms with Crippen LogP contribution in [0.1, 0.15) is 11.1 Å². The molecule has 0 bridgehead atoms. The number of nitrogens with two attached hydrogens (primary N) is 1. The van der Waals surface area contributed by atoms with Gasteiger partial charge < -0.3 is 9.64 Å². The molecule has 0 aliphatic carbocycles. The third kappa shape index (κ3) is 2.78. The van der Waals surface area contributed by atoms with Gasteiger partial charge in [-0.05, 0) is 11.1 Å². The highest BCUT2D eigenvalue weighted by atomic mass is 16.6. The first-order chi connectivity index (χ1) is 8.70. The minimum Gasteiger partial charge on any atom is -0.448 e. The van der Waals surface area contributed by atoms with Crippen LogP contribution in [0.4, 0.5) is 4.79 Å². The monoisotopic (exact) mass is 249 g/mol. The highest BCUT2D eigenvalue weighted by Crippen LogP contribution is 2.15. The molecule has 6 nitrogen and oxygen atoms in total. The average Bonchev–Trinajstić information content (AvgIpc) is 2.77. The molecule has 96 valence electrons. The summed E-state index contributed by atoms with van der Waals surface area (Å²) < 4.78 is 4.87. The standard InChI is InChI=1S/C12H15N3O3/c13-14-11(16)7-9-3-1-2-4-10(9)8-15-5-6-18-12(15)17/h1-4H,5-8,13H2,(H,14,16). The number of hydrogen-bond acceptors (Lipinski definition) is 4. The molecule has 0 saturated carbocycles. The predicted octanol–water partition coefficient (Wildman–Crippen LogP) is 0.171. The Morgan fingerprint density at radius 1 is 1.39 bits per heavy atom. The Balaban J connectivity index is 2.11. The Hall–Kier alpha value is -2.08. The molecular formula is C12H15N3O3. The highest BCUT2D eigenvalue weighted by molar-refractivity contribution is 5.78. The second-order valence-corrected chi connectivity index (χ2v) is 4.05. The molecule has 1 heterocycles. The van der Waals surface area contributed by atoms with E-state index in [4.69, 9.17) is 10.6 Å². The van der Waals surface area contributed by atoms with Crippen molar-refractivity contribution in [1.82, 2.24) is 10.3 Å². The molecule has 1 aliphatic rings. The molecule has 1 aromatic rings. The molecule has 0 spiro atoms. The number of amides is 2. The molecule has 2 rings (SSSR count). The molecule has 0 unspecified atom stereocenters. The molecule has 6 heteroatoms. The zero-order valence-corrected chi connectivity index (χ0v) is 9.89. The van der Waals surface area contributed by atoms with Gasteiger partial charge in [-0.25, -0.2) is 10.6 Å². The number of benzene rings is 1. The lowest BCUT2D eigenvalue weighted by molar-refractivity contribution is -0.120. The third-order valence-corrected chi connectivity index (χ3v) is 2.84. The zero-order chi connectivity index (χ0) is 13.0. The molecule has 0 aromatic heterocycles. The number of carbonyl (C=O) groups is 2. The quantitative estimate of drug-likeness (QED) is 0.452. The van der Waals surface area contributed by atoms with Crippen LogP contribution >= 0.6 is 0 Å². The number of nitrogens with zero attached hydrogens (tertiary/aromatic N) is 1. The molecule has 0 radical (unpaired) electrons. The van der Waals surface area contributed by atoms with E-state index in [2.05, 4.69) is 5.43 Å². The van der Waals surface area contributed by atoms with Crippen LogP contribution in [0.15, 0.2) is 24.3 Å². The second kappa shape index (κ2) is 5.50. The number of nitrogens with one attached hydrogen (secondary N) is 1. The smallest absolute Gasteiger partial charge is 0.410 e. The Labute approximate surface area is 105 Å². The van der Waals surface area contributed by atoms with E-state index in [9.17, 15) is 9.59 Å². The maximum atomic E-state index is 11.4. The average molecular weight is 249 g/mol. The van der Waals surface area contributed by atoms with Gasteiger partial charge >= 0.3 is 6.09 Å². The Morgan fingerprint density at radius 3 is 2.72 bits per heavy atom. The molecule has 0 atom stereocenters. The SMILES string of the molecule is NNC(=O)Cc1ccccc1CN1CCOC1=O. The fraction of sp³-hybridized carbons (Fsp3) is 0.333. The normalized spacial score (nSPS) is 14.5. The van der Waals surface area contributed by atoms with Crippen molar-refractivity contribution in [3.63, 3.8) is 0 Å². The van der Waals surface area contributed by atoms with Crippen molar-refractivity contribution in [2.75, 3.05) is 13.2 Å². The van der Waals surface area contributed by atoms with Crippen molar-refractivity contribution in [3.05, 3.63) is 35.4 Å². The van der Waals surface area contributed by atoms with Gasteiger partial charge in [0.25, 0.3) is 0 Å². The van der Waals surface area contributed by atoms with Crippen molar-refractivity contribution in [2.45, 2.75) is 13.0 Å². The van der Waals surface area contributed by atoms with Gasteiger partial charge in [-0.15, -0.1) is 0 Å². The van der Waals surface area contributed by atoms with Gasteiger partial charge in [0.2, 0.25) is 5.91 Å². The highest BCUT2D eigenvalue weighted by Gasteiger charge is 2.22. The van der Waals surface area contributed by atoms with E-state index < -0.39 is 0 Å². The van der Waals surface area contributed by atoms with Crippen LogP contribution in [-0.2, 0) is 22.5 Å². The lowest BCUT2D eigenvalue weighted by Gasteiger charge is -2.15. The van der Waals surface area contributed by atoms with Gasteiger partial charge in [0.1, 0.15) is 6.61 Å². The van der Waals surface area contributed by atoms with Gasteiger partial charge in [0.15, 0.2) is 0 Å². The zero-order valence-electron chi connectivity index (χ0n) is 9.89. The Kier molecular flexibility index (Phi) is 3.78. The number of ether oxygens (including phenoxy) is 1. The van der Waals surface area contributed by atoms with Gasteiger partial charge in [0.05, 0.1) is 13.0 Å². The number of carbonyl (C=O) groups excluding carboxylic acids is 2. The van der Waals surface area contributed by atoms with Gasteiger partial charge in [-0.3, -0.25) is 10.2 Å². The van der Waals surface area contributed by atoms with E-state index in [1.807, 2.05) is 24.3 Å². The molecule has 1 aliphatic heterocycles. The number of rotatable bonds is 4. The fourth-order valence-corrected chi connectivity index (χ4v) is 1.88. The van der Waals surface area contributed by atoms with E-state index in [-0.39, 0.29) is 18.4 Å². The van der Waals surface area contributed by atoms with Crippen LogP contribution in [0.5, 0.6) is 0 Å². The molecule has 2 amide bonds. The van der Waals surface area contributed by atoms with E-state index in [1.165, 1.54) is 0 Å². The van der Waals surface area contributed by atoms with Crippen molar-refractivity contribution < 1.29 is 14.3 Å². The largest absolute Gasteiger partial charge is 0.448 e. The van der Waals surface area contributed by atoms with Gasteiger partial charge in [0, 0.05) is 6.54 Å². The van der Waals surface area contributed by atoms with Crippen LogP contribution in [0, 0.1) is 0 Å². The van der Waals surface area contributed by atoms with E-state index in [0.717, 1.165) is 11.1 Å². The summed E-state index contributed by atoms with van der Waals surface area (Å²) in [6, 6.07) is 7.47. The first-order valence-electron chi connectivity index (χ1n) is 5.68. The molecule has 18 heavy (non-hydrogen) atoms.